The summed E-state index contributed by atoms with van der Waals surface area (Å²) in [6.07, 6.45) is 5.59. The topological polar surface area (TPSA) is 35.9 Å². The van der Waals surface area contributed by atoms with Crippen LogP contribution in [-0.4, -0.2) is 14.1 Å². The predicted molar refractivity (Wildman–Crippen MR) is 223 cm³/mol. The second-order valence-electron chi connectivity index (χ2n) is 16.2. The summed E-state index contributed by atoms with van der Waals surface area (Å²) in [6, 6.07) is 55.7. The molecule has 9 aromatic rings. The van der Waals surface area contributed by atoms with E-state index in [4.69, 9.17) is 9.72 Å². The van der Waals surface area contributed by atoms with Crippen molar-refractivity contribution in [3.8, 4) is 39.8 Å². The number of ether oxygens (including phenoxy) is 1. The first kappa shape index (κ1) is 37.2. The number of benzene rings is 6. The molecule has 0 amide bonds. The smallest absolute Gasteiger partial charge is 0.268 e. The van der Waals surface area contributed by atoms with Crippen molar-refractivity contribution in [2.24, 2.45) is 0 Å². The van der Waals surface area contributed by atoms with Gasteiger partial charge in [-0.2, -0.15) is 18.2 Å². The molecule has 3 aromatic heterocycles. The molecule has 0 fully saturated rings. The number of hydrogen-bond acceptors (Lipinski definition) is 2. The first-order chi connectivity index (χ1) is 26.5. The molecule has 0 spiro atoms. The summed E-state index contributed by atoms with van der Waals surface area (Å²) in [7, 11) is 0. The van der Waals surface area contributed by atoms with E-state index in [1.165, 1.54) is 11.1 Å². The number of hydrogen-bond donors (Lipinski definition) is 0. The number of aromatic nitrogens is 4. The Hall–Kier alpha value is -5.77. The zero-order valence-electron chi connectivity index (χ0n) is 32.4. The molecule has 0 aliphatic rings. The Morgan fingerprint density at radius 1 is 0.607 bits per heavy atom. The molecular formula is C50H42N4OPt-2. The van der Waals surface area contributed by atoms with E-state index >= 15 is 0 Å². The molecular weight excluding hydrogens is 868 g/mol. The maximum absolute atomic E-state index is 6.56. The number of para-hydroxylation sites is 3. The van der Waals surface area contributed by atoms with Gasteiger partial charge in [-0.15, -0.1) is 29.7 Å². The Balaban J connectivity index is 0.00000441. The fraction of sp³-hybridized carbons (Fsp3) is 0.160. The maximum atomic E-state index is 6.56. The fourth-order valence-corrected chi connectivity index (χ4v) is 7.39. The van der Waals surface area contributed by atoms with Crippen LogP contribution in [0, 0.1) is 18.5 Å². The molecule has 0 unspecified atom stereocenters. The Bertz CT molecular complexity index is 2870. The van der Waals surface area contributed by atoms with Gasteiger partial charge in [0.1, 0.15) is 5.82 Å². The van der Waals surface area contributed by atoms with Gasteiger partial charge in [0, 0.05) is 44.3 Å². The van der Waals surface area contributed by atoms with Crippen LogP contribution in [0.4, 0.5) is 0 Å². The van der Waals surface area contributed by atoms with Crippen molar-refractivity contribution in [2.75, 3.05) is 0 Å². The van der Waals surface area contributed by atoms with Crippen molar-refractivity contribution >= 4 is 32.8 Å². The van der Waals surface area contributed by atoms with Gasteiger partial charge in [0.05, 0.1) is 16.7 Å². The monoisotopic (exact) mass is 909 g/mol. The molecule has 6 aromatic carbocycles. The minimum Gasteiger partial charge on any atom is -0.510 e. The van der Waals surface area contributed by atoms with Crippen LogP contribution >= 0.6 is 0 Å². The van der Waals surface area contributed by atoms with Crippen LogP contribution in [0.2, 0.25) is 0 Å². The Morgan fingerprint density at radius 3 is 2.09 bits per heavy atom. The van der Waals surface area contributed by atoms with Gasteiger partial charge in [-0.1, -0.05) is 132 Å². The normalized spacial score (nSPS) is 12.0. The number of nitrogens with zero attached hydrogens (tertiary/aromatic N) is 4. The van der Waals surface area contributed by atoms with E-state index in [2.05, 4.69) is 189 Å². The van der Waals surface area contributed by atoms with E-state index < -0.39 is 0 Å². The summed E-state index contributed by atoms with van der Waals surface area (Å²) >= 11 is 0. The van der Waals surface area contributed by atoms with Crippen LogP contribution in [0.3, 0.4) is 0 Å². The molecule has 0 aliphatic heterocycles. The van der Waals surface area contributed by atoms with Crippen LogP contribution < -0.4 is 9.30 Å². The molecule has 56 heavy (non-hydrogen) atoms. The third kappa shape index (κ3) is 6.75. The van der Waals surface area contributed by atoms with Crippen LogP contribution in [0.25, 0.3) is 61.2 Å². The van der Waals surface area contributed by atoms with E-state index in [-0.39, 0.29) is 31.9 Å². The van der Waals surface area contributed by atoms with Crippen molar-refractivity contribution < 1.29 is 30.4 Å². The molecule has 0 N–H and O–H groups in total. The maximum Gasteiger partial charge on any atom is 0.268 e. The molecule has 6 heteroatoms. The van der Waals surface area contributed by atoms with Gasteiger partial charge in [0.25, 0.3) is 6.33 Å². The summed E-state index contributed by atoms with van der Waals surface area (Å²) in [6.45, 7) is 13.4. The van der Waals surface area contributed by atoms with Crippen molar-refractivity contribution in [3.63, 3.8) is 0 Å². The average molecular weight is 910 g/mol. The Labute approximate surface area is 343 Å². The first-order valence-electron chi connectivity index (χ1n) is 18.8. The van der Waals surface area contributed by atoms with Crippen LogP contribution in [-0.2, 0) is 31.9 Å². The molecule has 280 valence electrons. The molecule has 5 nitrogen and oxygen atoms in total. The zero-order valence-corrected chi connectivity index (χ0v) is 34.6. The van der Waals surface area contributed by atoms with Gasteiger partial charge in [-0.05, 0) is 68.4 Å². The molecule has 0 saturated carbocycles. The number of fused-ring (bicyclic) bond motifs is 4. The summed E-state index contributed by atoms with van der Waals surface area (Å²) in [4.78, 5) is 4.83. The van der Waals surface area contributed by atoms with Gasteiger partial charge in [0.2, 0.25) is 0 Å². The van der Waals surface area contributed by atoms with E-state index in [9.17, 15) is 0 Å². The fourth-order valence-electron chi connectivity index (χ4n) is 7.39. The third-order valence-corrected chi connectivity index (χ3v) is 10.4. The minimum atomic E-state index is -0.0158. The largest absolute Gasteiger partial charge is 0.510 e. The van der Waals surface area contributed by atoms with Crippen molar-refractivity contribution in [1.29, 1.82) is 0 Å². The SMILES string of the molecule is CC(C)(C)c1ccnc(-n2c3[c-]c(Oc4[c-]c(-n5[c-][n+](-c6ccc(C(C)(C)C)cc6-c6ccccc6)c6ccccc65)ccc4)ccc3c3ccccc32)c1.[Pt]. The summed E-state index contributed by atoms with van der Waals surface area (Å²) in [5.41, 5.74) is 10.7. The van der Waals surface area contributed by atoms with Crippen molar-refractivity contribution in [3.05, 3.63) is 175 Å². The number of imidazole rings is 1. The quantitative estimate of drug-likeness (QED) is 0.123. The zero-order chi connectivity index (χ0) is 37.9. The van der Waals surface area contributed by atoms with E-state index in [0.717, 1.165) is 61.2 Å². The summed E-state index contributed by atoms with van der Waals surface area (Å²) in [5.74, 6) is 2.04. The van der Waals surface area contributed by atoms with E-state index in [0.29, 0.717) is 11.5 Å². The van der Waals surface area contributed by atoms with Crippen molar-refractivity contribution in [1.82, 2.24) is 14.1 Å². The molecule has 0 saturated heterocycles. The van der Waals surface area contributed by atoms with Gasteiger partial charge in [-0.25, -0.2) is 4.98 Å². The number of pyridine rings is 1. The van der Waals surface area contributed by atoms with E-state index in [1.54, 1.807) is 0 Å². The molecule has 0 aliphatic carbocycles. The van der Waals surface area contributed by atoms with Gasteiger partial charge in [0.15, 0.2) is 0 Å². The minimum absolute atomic E-state index is 0. The van der Waals surface area contributed by atoms with Gasteiger partial charge >= 0.3 is 0 Å². The van der Waals surface area contributed by atoms with Gasteiger partial charge in [-0.3, -0.25) is 4.57 Å². The first-order valence-corrected chi connectivity index (χ1v) is 18.8. The molecule has 3 heterocycles. The standard InChI is InChI=1S/C50H42N4O.Pt/c1-49(2,3)35-23-26-43(42(29-35)34-15-8-7-9-16-34)53-33-52(45-21-12-13-22-46(45)53)37-17-14-18-38(31-37)55-39-24-25-41-40-19-10-11-20-44(40)54(47(41)32-39)48-30-36(27-28-51-48)50(4,5)6;/h7-30H,1-6H3;/q-2;. The Kier molecular flexibility index (Phi) is 9.55. The van der Waals surface area contributed by atoms with Gasteiger partial charge < -0.3 is 13.9 Å². The third-order valence-electron chi connectivity index (χ3n) is 10.4. The molecule has 0 bridgehead atoms. The summed E-state index contributed by atoms with van der Waals surface area (Å²) < 4.78 is 13.0. The predicted octanol–water partition coefficient (Wildman–Crippen LogP) is 11.9. The van der Waals surface area contributed by atoms with Crippen LogP contribution in [0.15, 0.2) is 146 Å². The molecule has 0 atom stereocenters. The summed E-state index contributed by atoms with van der Waals surface area (Å²) in [5, 5.41) is 2.23. The number of rotatable bonds is 6. The van der Waals surface area contributed by atoms with Crippen molar-refractivity contribution in [2.45, 2.75) is 52.4 Å². The Morgan fingerprint density at radius 2 is 1.30 bits per heavy atom. The van der Waals surface area contributed by atoms with Crippen LogP contribution in [0.1, 0.15) is 52.7 Å². The molecule has 0 radical (unpaired) electrons. The van der Waals surface area contributed by atoms with Crippen LogP contribution in [0.5, 0.6) is 11.5 Å². The second-order valence-corrected chi connectivity index (χ2v) is 16.2. The van der Waals surface area contributed by atoms with E-state index in [1.807, 2.05) is 30.5 Å². The molecule has 9 rings (SSSR count). The second kappa shape index (κ2) is 14.4. The average Bonchev–Trinajstić information content (AvgIpc) is 3.74.